The van der Waals surface area contributed by atoms with Gasteiger partial charge < -0.3 is 15.3 Å². The van der Waals surface area contributed by atoms with Crippen molar-refractivity contribution in [3.05, 3.63) is 0 Å². The minimum Gasteiger partial charge on any atom is -0.480 e. The molecule has 4 heteroatoms. The minimum absolute atomic E-state index is 0.282. The molecule has 2 unspecified atom stereocenters. The van der Waals surface area contributed by atoms with Gasteiger partial charge in [0.25, 0.3) is 0 Å². The van der Waals surface area contributed by atoms with E-state index in [1.807, 2.05) is 0 Å². The standard InChI is InChI=1S/C13H26N2O2/c1-10(8-13(2,14-3)12(16)17)15(4)9-11-6-5-7-11/h10-11,14H,5-9H2,1-4H3,(H,16,17). The van der Waals surface area contributed by atoms with Crippen LogP contribution in [0.25, 0.3) is 0 Å². The summed E-state index contributed by atoms with van der Waals surface area (Å²) in [5.74, 6) is 0.0528. The molecule has 0 aliphatic heterocycles. The van der Waals surface area contributed by atoms with Gasteiger partial charge in [-0.15, -0.1) is 0 Å². The molecule has 0 heterocycles. The Labute approximate surface area is 104 Å². The van der Waals surface area contributed by atoms with Crippen molar-refractivity contribution in [1.82, 2.24) is 10.2 Å². The molecule has 0 bridgehead atoms. The van der Waals surface area contributed by atoms with Crippen molar-refractivity contribution in [2.24, 2.45) is 5.92 Å². The minimum atomic E-state index is -0.826. The fraction of sp³-hybridized carbons (Fsp3) is 0.923. The summed E-state index contributed by atoms with van der Waals surface area (Å²) in [5, 5.41) is 12.1. The van der Waals surface area contributed by atoms with E-state index in [1.54, 1.807) is 14.0 Å². The van der Waals surface area contributed by atoms with E-state index in [0.717, 1.165) is 12.5 Å². The van der Waals surface area contributed by atoms with E-state index in [9.17, 15) is 9.90 Å². The van der Waals surface area contributed by atoms with Crippen molar-refractivity contribution in [3.8, 4) is 0 Å². The molecule has 0 aromatic rings. The Bertz CT molecular complexity index is 266. The van der Waals surface area contributed by atoms with Crippen LogP contribution in [0.4, 0.5) is 0 Å². The van der Waals surface area contributed by atoms with Gasteiger partial charge in [0.15, 0.2) is 0 Å². The monoisotopic (exact) mass is 242 g/mol. The average molecular weight is 242 g/mol. The Hall–Kier alpha value is -0.610. The second-order valence-corrected chi connectivity index (χ2v) is 5.68. The summed E-state index contributed by atoms with van der Waals surface area (Å²) in [5.41, 5.74) is -0.826. The van der Waals surface area contributed by atoms with Gasteiger partial charge >= 0.3 is 5.97 Å². The van der Waals surface area contributed by atoms with Crippen molar-refractivity contribution in [3.63, 3.8) is 0 Å². The molecule has 2 N–H and O–H groups in total. The molecule has 1 aliphatic rings. The molecule has 0 aromatic carbocycles. The number of carbonyl (C=O) groups is 1. The largest absolute Gasteiger partial charge is 0.480 e. The van der Waals surface area contributed by atoms with E-state index in [4.69, 9.17) is 0 Å². The van der Waals surface area contributed by atoms with E-state index in [2.05, 4.69) is 24.2 Å². The van der Waals surface area contributed by atoms with E-state index in [1.165, 1.54) is 19.3 Å². The van der Waals surface area contributed by atoms with Crippen molar-refractivity contribution < 1.29 is 9.90 Å². The maximum absolute atomic E-state index is 11.2. The zero-order valence-electron chi connectivity index (χ0n) is 11.5. The summed E-state index contributed by atoms with van der Waals surface area (Å²) in [6.45, 7) is 4.96. The van der Waals surface area contributed by atoms with Gasteiger partial charge in [0, 0.05) is 12.6 Å². The third-order valence-corrected chi connectivity index (χ3v) is 4.25. The molecule has 4 nitrogen and oxygen atoms in total. The maximum Gasteiger partial charge on any atom is 0.323 e. The van der Waals surface area contributed by atoms with Crippen LogP contribution >= 0.6 is 0 Å². The zero-order valence-corrected chi connectivity index (χ0v) is 11.5. The summed E-state index contributed by atoms with van der Waals surface area (Å²) in [6.07, 6.45) is 4.65. The number of carboxylic acids is 1. The van der Waals surface area contributed by atoms with Crippen LogP contribution in [0.1, 0.15) is 39.5 Å². The summed E-state index contributed by atoms with van der Waals surface area (Å²) in [7, 11) is 3.81. The number of likely N-dealkylation sites (N-methyl/N-ethyl adjacent to an activating group) is 1. The van der Waals surface area contributed by atoms with Crippen LogP contribution in [-0.4, -0.2) is 48.2 Å². The Morgan fingerprint density at radius 2 is 2.18 bits per heavy atom. The van der Waals surface area contributed by atoms with Gasteiger partial charge in [-0.05, 0) is 53.1 Å². The van der Waals surface area contributed by atoms with Crippen molar-refractivity contribution in [2.45, 2.75) is 51.1 Å². The van der Waals surface area contributed by atoms with Crippen molar-refractivity contribution in [2.75, 3.05) is 20.6 Å². The molecule has 1 rings (SSSR count). The first-order valence-electron chi connectivity index (χ1n) is 6.51. The fourth-order valence-electron chi connectivity index (χ4n) is 2.31. The van der Waals surface area contributed by atoms with Crippen LogP contribution in [0, 0.1) is 5.92 Å². The summed E-state index contributed by atoms with van der Waals surface area (Å²) in [6, 6.07) is 0.282. The summed E-state index contributed by atoms with van der Waals surface area (Å²) >= 11 is 0. The van der Waals surface area contributed by atoms with E-state index in [0.29, 0.717) is 6.42 Å². The topological polar surface area (TPSA) is 52.6 Å². The number of aliphatic carboxylic acids is 1. The van der Waals surface area contributed by atoms with Gasteiger partial charge in [-0.1, -0.05) is 6.42 Å². The third-order valence-electron chi connectivity index (χ3n) is 4.25. The second kappa shape index (κ2) is 5.83. The first kappa shape index (κ1) is 14.5. The number of hydrogen-bond donors (Lipinski definition) is 2. The van der Waals surface area contributed by atoms with Crippen LogP contribution in [-0.2, 0) is 4.79 Å². The normalized spacial score (nSPS) is 21.9. The molecule has 0 radical (unpaired) electrons. The number of carboxylic acid groups (broad SMARTS) is 1. The quantitative estimate of drug-likeness (QED) is 0.711. The van der Waals surface area contributed by atoms with Crippen LogP contribution in [0.5, 0.6) is 0 Å². The van der Waals surface area contributed by atoms with Crippen LogP contribution in [0.15, 0.2) is 0 Å². The average Bonchev–Trinajstić information content (AvgIpc) is 2.22. The highest BCUT2D eigenvalue weighted by Crippen LogP contribution is 2.28. The molecule has 17 heavy (non-hydrogen) atoms. The molecule has 0 saturated heterocycles. The van der Waals surface area contributed by atoms with Gasteiger partial charge in [0.05, 0.1) is 0 Å². The lowest BCUT2D eigenvalue weighted by Gasteiger charge is -2.36. The van der Waals surface area contributed by atoms with E-state index >= 15 is 0 Å². The highest BCUT2D eigenvalue weighted by Gasteiger charge is 2.34. The zero-order chi connectivity index (χ0) is 13.1. The Morgan fingerprint density at radius 3 is 2.53 bits per heavy atom. The van der Waals surface area contributed by atoms with Gasteiger partial charge in [-0.2, -0.15) is 0 Å². The number of nitrogens with zero attached hydrogens (tertiary/aromatic N) is 1. The van der Waals surface area contributed by atoms with Gasteiger partial charge in [-0.3, -0.25) is 4.79 Å². The molecule has 1 aliphatic carbocycles. The number of rotatable bonds is 7. The first-order chi connectivity index (χ1) is 7.89. The fourth-order valence-corrected chi connectivity index (χ4v) is 2.31. The molecular weight excluding hydrogens is 216 g/mol. The molecule has 1 fully saturated rings. The van der Waals surface area contributed by atoms with Crippen LogP contribution < -0.4 is 5.32 Å². The predicted molar refractivity (Wildman–Crippen MR) is 69.2 cm³/mol. The third kappa shape index (κ3) is 3.68. The summed E-state index contributed by atoms with van der Waals surface area (Å²) < 4.78 is 0. The second-order valence-electron chi connectivity index (χ2n) is 5.68. The number of hydrogen-bond acceptors (Lipinski definition) is 3. The lowest BCUT2D eigenvalue weighted by molar-refractivity contribution is -0.144. The van der Waals surface area contributed by atoms with Crippen LogP contribution in [0.2, 0.25) is 0 Å². The van der Waals surface area contributed by atoms with E-state index in [-0.39, 0.29) is 6.04 Å². The predicted octanol–water partition coefficient (Wildman–Crippen LogP) is 1.56. The van der Waals surface area contributed by atoms with E-state index < -0.39 is 11.5 Å². The SMILES string of the molecule is CNC(C)(CC(C)N(C)CC1CCC1)C(=O)O. The molecule has 100 valence electrons. The highest BCUT2D eigenvalue weighted by molar-refractivity contribution is 5.78. The Morgan fingerprint density at radius 1 is 1.59 bits per heavy atom. The molecule has 0 aromatic heterocycles. The number of nitrogens with one attached hydrogen (secondary N) is 1. The van der Waals surface area contributed by atoms with Gasteiger partial charge in [0.2, 0.25) is 0 Å². The van der Waals surface area contributed by atoms with Crippen LogP contribution in [0.3, 0.4) is 0 Å². The molecule has 0 spiro atoms. The van der Waals surface area contributed by atoms with Gasteiger partial charge in [-0.25, -0.2) is 0 Å². The Kier molecular flexibility index (Phi) is 4.95. The first-order valence-corrected chi connectivity index (χ1v) is 6.51. The molecular formula is C13H26N2O2. The molecule has 2 atom stereocenters. The van der Waals surface area contributed by atoms with Crippen molar-refractivity contribution >= 4 is 5.97 Å². The van der Waals surface area contributed by atoms with Crippen molar-refractivity contribution in [1.29, 1.82) is 0 Å². The van der Waals surface area contributed by atoms with Gasteiger partial charge in [0.1, 0.15) is 5.54 Å². The lowest BCUT2D eigenvalue weighted by Crippen LogP contribution is -2.52. The summed E-state index contributed by atoms with van der Waals surface area (Å²) in [4.78, 5) is 13.5. The highest BCUT2D eigenvalue weighted by atomic mass is 16.4. The molecule has 1 saturated carbocycles. The lowest BCUT2D eigenvalue weighted by atomic mass is 9.84. The Balaban J connectivity index is 2.45. The molecule has 0 amide bonds. The smallest absolute Gasteiger partial charge is 0.323 e. The maximum atomic E-state index is 11.2.